The molecule has 5 heteroatoms. The number of ether oxygens (including phenoxy) is 4. The van der Waals surface area contributed by atoms with Crippen molar-refractivity contribution in [3.05, 3.63) is 53.6 Å². The zero-order valence-electron chi connectivity index (χ0n) is 17.7. The molecule has 156 valence electrons. The molecule has 3 unspecified atom stereocenters. The molecule has 0 N–H and O–H groups in total. The van der Waals surface area contributed by atoms with Crippen molar-refractivity contribution in [1.29, 1.82) is 5.26 Å². The van der Waals surface area contributed by atoms with Gasteiger partial charge < -0.3 is 18.9 Å². The van der Waals surface area contributed by atoms with Crippen LogP contribution in [0.1, 0.15) is 36.8 Å². The number of fused-ring (bicyclic) bond motifs is 2. The Bertz CT molecular complexity index is 991. The molecule has 0 amide bonds. The molecular weight excluding hydrogens is 378 g/mol. The molecule has 2 fully saturated rings. The largest absolute Gasteiger partial charge is 0.493 e. The number of rotatable bonds is 7. The predicted molar refractivity (Wildman–Crippen MR) is 115 cm³/mol. The molecule has 0 heterocycles. The Morgan fingerprint density at radius 1 is 0.867 bits per heavy atom. The molecule has 2 bridgehead atoms. The van der Waals surface area contributed by atoms with Gasteiger partial charge in [-0.15, -0.1) is 0 Å². The van der Waals surface area contributed by atoms with Crippen LogP contribution in [-0.2, 0) is 0 Å². The summed E-state index contributed by atoms with van der Waals surface area (Å²) < 4.78 is 22.8. The second-order valence-corrected chi connectivity index (χ2v) is 7.95. The number of nitrogens with zero attached hydrogens (tertiary/aromatic N) is 1. The van der Waals surface area contributed by atoms with Crippen molar-refractivity contribution in [3.63, 3.8) is 0 Å². The van der Waals surface area contributed by atoms with Gasteiger partial charge >= 0.3 is 0 Å². The second kappa shape index (κ2) is 8.71. The van der Waals surface area contributed by atoms with Gasteiger partial charge in [-0.2, -0.15) is 5.26 Å². The van der Waals surface area contributed by atoms with E-state index < -0.39 is 0 Å². The third-order valence-electron chi connectivity index (χ3n) is 6.33. The summed E-state index contributed by atoms with van der Waals surface area (Å²) in [5.41, 5.74) is 2.55. The maximum atomic E-state index is 9.42. The van der Waals surface area contributed by atoms with E-state index in [0.717, 1.165) is 34.8 Å². The highest BCUT2D eigenvalue weighted by atomic mass is 16.5. The van der Waals surface area contributed by atoms with Crippen molar-refractivity contribution >= 4 is 5.57 Å². The molecular formula is C25H27NO4. The van der Waals surface area contributed by atoms with Crippen LogP contribution in [0.5, 0.6) is 23.0 Å². The minimum absolute atomic E-state index is 0.248. The molecule has 2 aliphatic rings. The summed E-state index contributed by atoms with van der Waals surface area (Å²) in [6, 6.07) is 13.6. The summed E-state index contributed by atoms with van der Waals surface area (Å²) in [6.07, 6.45) is 6.77. The van der Waals surface area contributed by atoms with Gasteiger partial charge in [0.1, 0.15) is 6.10 Å². The van der Waals surface area contributed by atoms with Gasteiger partial charge in [-0.3, -0.25) is 0 Å². The zero-order chi connectivity index (χ0) is 21.1. The first-order chi connectivity index (χ1) is 14.7. The van der Waals surface area contributed by atoms with Gasteiger partial charge in [0, 0.05) is 6.08 Å². The predicted octanol–water partition coefficient (Wildman–Crippen LogP) is 5.24. The van der Waals surface area contributed by atoms with Crippen molar-refractivity contribution in [3.8, 4) is 29.1 Å². The number of allylic oxidation sites excluding steroid dienone is 1. The minimum Gasteiger partial charge on any atom is -0.493 e. The van der Waals surface area contributed by atoms with E-state index in [1.165, 1.54) is 19.3 Å². The molecule has 0 aliphatic heterocycles. The number of hydrogen-bond donors (Lipinski definition) is 0. The minimum atomic E-state index is 0.248. The van der Waals surface area contributed by atoms with Crippen molar-refractivity contribution in [2.24, 2.45) is 11.8 Å². The summed E-state index contributed by atoms with van der Waals surface area (Å²) in [5, 5.41) is 9.42. The number of benzene rings is 2. The third-order valence-corrected chi connectivity index (χ3v) is 6.33. The van der Waals surface area contributed by atoms with Crippen molar-refractivity contribution in [2.75, 3.05) is 21.3 Å². The molecule has 4 rings (SSSR count). The molecule has 2 aromatic rings. The fraction of sp³-hybridized carbons (Fsp3) is 0.400. The van der Waals surface area contributed by atoms with Crippen LogP contribution in [0.15, 0.2) is 42.5 Å². The third kappa shape index (κ3) is 3.82. The highest BCUT2D eigenvalue weighted by molar-refractivity contribution is 5.83. The van der Waals surface area contributed by atoms with Gasteiger partial charge in [-0.05, 0) is 78.5 Å². The van der Waals surface area contributed by atoms with Crippen LogP contribution in [0.2, 0.25) is 0 Å². The van der Waals surface area contributed by atoms with E-state index in [9.17, 15) is 5.26 Å². The van der Waals surface area contributed by atoms with Crippen LogP contribution in [0.25, 0.3) is 5.57 Å². The number of nitriles is 1. The molecule has 2 aromatic carbocycles. The van der Waals surface area contributed by atoms with Gasteiger partial charge in [0.15, 0.2) is 23.0 Å². The lowest BCUT2D eigenvalue weighted by molar-refractivity contribution is 0.133. The molecule has 0 radical (unpaired) electrons. The lowest BCUT2D eigenvalue weighted by Gasteiger charge is -2.24. The van der Waals surface area contributed by atoms with E-state index in [-0.39, 0.29) is 6.10 Å². The first-order valence-electron chi connectivity index (χ1n) is 10.3. The molecule has 2 aliphatic carbocycles. The van der Waals surface area contributed by atoms with E-state index in [0.29, 0.717) is 23.2 Å². The molecule has 0 spiro atoms. The normalized spacial score (nSPS) is 22.5. The Labute approximate surface area is 177 Å². The monoisotopic (exact) mass is 405 g/mol. The summed E-state index contributed by atoms with van der Waals surface area (Å²) in [4.78, 5) is 0. The van der Waals surface area contributed by atoms with Gasteiger partial charge in [0.2, 0.25) is 0 Å². The van der Waals surface area contributed by atoms with Crippen LogP contribution in [0.4, 0.5) is 0 Å². The zero-order valence-corrected chi connectivity index (χ0v) is 17.7. The highest BCUT2D eigenvalue weighted by Gasteiger charge is 2.41. The summed E-state index contributed by atoms with van der Waals surface area (Å²) in [6.45, 7) is 0. The van der Waals surface area contributed by atoms with E-state index in [1.54, 1.807) is 27.4 Å². The van der Waals surface area contributed by atoms with E-state index in [2.05, 4.69) is 6.07 Å². The Kier molecular flexibility index (Phi) is 5.85. The average molecular weight is 405 g/mol. The van der Waals surface area contributed by atoms with E-state index >= 15 is 0 Å². The van der Waals surface area contributed by atoms with Gasteiger partial charge in [-0.25, -0.2) is 0 Å². The van der Waals surface area contributed by atoms with Crippen molar-refractivity contribution < 1.29 is 18.9 Å². The lowest BCUT2D eigenvalue weighted by atomic mass is 9.96. The van der Waals surface area contributed by atoms with Crippen LogP contribution >= 0.6 is 0 Å². The summed E-state index contributed by atoms with van der Waals surface area (Å²) in [7, 11) is 4.86. The molecule has 30 heavy (non-hydrogen) atoms. The van der Waals surface area contributed by atoms with Crippen LogP contribution in [-0.4, -0.2) is 27.4 Å². The van der Waals surface area contributed by atoms with Gasteiger partial charge in [0.05, 0.1) is 27.4 Å². The average Bonchev–Trinajstić information content (AvgIpc) is 3.40. The quantitative estimate of drug-likeness (QED) is 0.590. The number of methoxy groups -OCH3 is 3. The van der Waals surface area contributed by atoms with Crippen LogP contribution in [0.3, 0.4) is 0 Å². The van der Waals surface area contributed by atoms with Crippen molar-refractivity contribution in [1.82, 2.24) is 0 Å². The summed E-state index contributed by atoms with van der Waals surface area (Å²) in [5.74, 6) is 4.15. The first kappa shape index (κ1) is 20.2. The molecule has 5 nitrogen and oxygen atoms in total. The topological polar surface area (TPSA) is 60.7 Å². The lowest BCUT2D eigenvalue weighted by Crippen LogP contribution is -2.23. The maximum Gasteiger partial charge on any atom is 0.162 e. The summed E-state index contributed by atoms with van der Waals surface area (Å²) >= 11 is 0. The molecule has 3 atom stereocenters. The Morgan fingerprint density at radius 2 is 1.50 bits per heavy atom. The number of hydrogen-bond acceptors (Lipinski definition) is 5. The fourth-order valence-corrected chi connectivity index (χ4v) is 4.83. The SMILES string of the molecule is COc1ccc(/C(=C/C#N)c2ccc(OC)c(OC3CC4CCC3C4)c2)cc1OC. The molecule has 0 saturated heterocycles. The standard InChI is InChI=1S/C25H27NO4/c1-27-21-8-6-17(14-24(21)29-3)20(10-11-26)18-7-9-22(28-2)25(15-18)30-23-13-16-4-5-19(23)12-16/h6-10,14-16,19,23H,4-5,12-13H2,1-3H3/b20-10-. The van der Waals surface area contributed by atoms with Crippen LogP contribution in [0, 0.1) is 23.2 Å². The smallest absolute Gasteiger partial charge is 0.162 e. The Hall–Kier alpha value is -3.13. The highest BCUT2D eigenvalue weighted by Crippen LogP contribution is 2.47. The van der Waals surface area contributed by atoms with Gasteiger partial charge in [-0.1, -0.05) is 12.1 Å². The van der Waals surface area contributed by atoms with Crippen molar-refractivity contribution in [2.45, 2.75) is 31.8 Å². The second-order valence-electron chi connectivity index (χ2n) is 7.95. The van der Waals surface area contributed by atoms with Gasteiger partial charge in [0.25, 0.3) is 0 Å². The molecule has 2 saturated carbocycles. The first-order valence-corrected chi connectivity index (χ1v) is 10.3. The maximum absolute atomic E-state index is 9.42. The fourth-order valence-electron chi connectivity index (χ4n) is 4.83. The van der Waals surface area contributed by atoms with E-state index in [1.807, 2.05) is 36.4 Å². The molecule has 0 aromatic heterocycles. The Morgan fingerprint density at radius 3 is 2.03 bits per heavy atom. The van der Waals surface area contributed by atoms with Crippen LogP contribution < -0.4 is 18.9 Å². The Balaban J connectivity index is 1.69. The van der Waals surface area contributed by atoms with E-state index in [4.69, 9.17) is 18.9 Å².